The number of nitrogens with zero attached hydrogens (tertiary/aromatic N) is 3. The van der Waals surface area contributed by atoms with Crippen LogP contribution in [0.3, 0.4) is 0 Å². The van der Waals surface area contributed by atoms with Gasteiger partial charge in [0.25, 0.3) is 5.91 Å². The summed E-state index contributed by atoms with van der Waals surface area (Å²) in [4.78, 5) is 23.4. The number of methoxy groups -OCH3 is 1. The maximum Gasteiger partial charge on any atom is 0.277 e. The lowest BCUT2D eigenvalue weighted by Gasteiger charge is -2.21. The second-order valence-electron chi connectivity index (χ2n) is 5.85. The molecule has 2 rings (SSSR count). The Morgan fingerprint density at radius 1 is 1.24 bits per heavy atom. The molecule has 0 saturated heterocycles. The van der Waals surface area contributed by atoms with E-state index in [9.17, 15) is 4.79 Å². The van der Waals surface area contributed by atoms with E-state index in [1.165, 1.54) is 0 Å². The predicted molar refractivity (Wildman–Crippen MR) is 100 cm³/mol. The van der Waals surface area contributed by atoms with Crippen molar-refractivity contribution >= 4 is 17.4 Å². The minimum absolute atomic E-state index is 0.126. The van der Waals surface area contributed by atoms with E-state index in [0.29, 0.717) is 30.5 Å². The fourth-order valence-electron chi connectivity index (χ4n) is 2.58. The molecule has 0 aliphatic heterocycles. The Balaban J connectivity index is 2.20. The van der Waals surface area contributed by atoms with Crippen LogP contribution in [0, 0.1) is 13.8 Å². The van der Waals surface area contributed by atoms with Crippen LogP contribution in [0.15, 0.2) is 30.3 Å². The predicted octanol–water partition coefficient (Wildman–Crippen LogP) is 3.21. The van der Waals surface area contributed by atoms with Gasteiger partial charge in [-0.15, -0.1) is 0 Å². The van der Waals surface area contributed by atoms with Crippen molar-refractivity contribution in [3.05, 3.63) is 47.4 Å². The average Bonchev–Trinajstić information content (AvgIpc) is 2.59. The molecule has 0 aliphatic carbocycles. The van der Waals surface area contributed by atoms with Crippen molar-refractivity contribution < 1.29 is 9.53 Å². The molecule has 1 N–H and O–H groups in total. The fourth-order valence-corrected chi connectivity index (χ4v) is 2.58. The lowest BCUT2D eigenvalue weighted by atomic mass is 10.2. The Kier molecular flexibility index (Phi) is 6.89. The first kappa shape index (κ1) is 18.9. The number of nitrogens with one attached hydrogen (secondary N) is 1. The zero-order valence-electron chi connectivity index (χ0n) is 15.4. The van der Waals surface area contributed by atoms with Crippen LogP contribution < -0.4 is 10.2 Å². The molecule has 1 amide bonds. The van der Waals surface area contributed by atoms with Gasteiger partial charge in [-0.3, -0.25) is 4.79 Å². The van der Waals surface area contributed by atoms with E-state index in [2.05, 4.69) is 15.3 Å². The van der Waals surface area contributed by atoms with Gasteiger partial charge >= 0.3 is 0 Å². The van der Waals surface area contributed by atoms with Gasteiger partial charge in [-0.1, -0.05) is 12.1 Å². The zero-order valence-corrected chi connectivity index (χ0v) is 15.4. The molecular formula is C19H26N4O2. The van der Waals surface area contributed by atoms with Gasteiger partial charge in [0.1, 0.15) is 17.3 Å². The Hall–Kier alpha value is -2.47. The second kappa shape index (κ2) is 9.13. The molecule has 25 heavy (non-hydrogen) atoms. The average molecular weight is 342 g/mol. The third-order valence-electron chi connectivity index (χ3n) is 3.76. The summed E-state index contributed by atoms with van der Waals surface area (Å²) in [5, 5.41) is 3.22. The van der Waals surface area contributed by atoms with Crippen LogP contribution in [0.25, 0.3) is 0 Å². The lowest BCUT2D eigenvalue weighted by molar-refractivity contribution is 0.0983. The molecule has 0 spiro atoms. The molecule has 1 aromatic heterocycles. The molecule has 0 atom stereocenters. The monoisotopic (exact) mass is 342 g/mol. The number of hydrogen-bond acceptors (Lipinski definition) is 5. The second-order valence-corrected chi connectivity index (χ2v) is 5.85. The number of carbonyl (C=O) groups is 1. The van der Waals surface area contributed by atoms with Gasteiger partial charge in [0.15, 0.2) is 0 Å². The van der Waals surface area contributed by atoms with Crippen LogP contribution in [-0.2, 0) is 4.74 Å². The molecule has 134 valence electrons. The largest absolute Gasteiger partial charge is 0.385 e. The van der Waals surface area contributed by atoms with E-state index in [1.54, 1.807) is 25.0 Å². The highest BCUT2D eigenvalue weighted by Crippen LogP contribution is 2.19. The molecule has 1 heterocycles. The normalized spacial score (nSPS) is 10.6. The van der Waals surface area contributed by atoms with Crippen LogP contribution in [0.5, 0.6) is 0 Å². The summed E-state index contributed by atoms with van der Waals surface area (Å²) >= 11 is 0. The van der Waals surface area contributed by atoms with Crippen molar-refractivity contribution in [3.8, 4) is 0 Å². The molecule has 0 fully saturated rings. The Morgan fingerprint density at radius 3 is 2.72 bits per heavy atom. The summed E-state index contributed by atoms with van der Waals surface area (Å²) in [5.74, 6) is 1.10. The molecule has 6 heteroatoms. The lowest BCUT2D eigenvalue weighted by Crippen LogP contribution is -2.31. The summed E-state index contributed by atoms with van der Waals surface area (Å²) in [6.07, 6.45) is 0.868. The van der Waals surface area contributed by atoms with E-state index in [-0.39, 0.29) is 5.91 Å². The zero-order chi connectivity index (χ0) is 18.2. The summed E-state index contributed by atoms with van der Waals surface area (Å²) in [5.41, 5.74) is 2.38. The van der Waals surface area contributed by atoms with Crippen molar-refractivity contribution in [3.63, 3.8) is 0 Å². The Labute approximate surface area is 149 Å². The van der Waals surface area contributed by atoms with Gasteiger partial charge in [-0.25, -0.2) is 9.97 Å². The third kappa shape index (κ3) is 5.26. The van der Waals surface area contributed by atoms with Gasteiger partial charge < -0.3 is 15.0 Å². The Bertz CT molecular complexity index is 718. The molecule has 0 bridgehead atoms. The van der Waals surface area contributed by atoms with Crippen LogP contribution in [0.1, 0.15) is 35.2 Å². The van der Waals surface area contributed by atoms with Crippen molar-refractivity contribution in [1.29, 1.82) is 0 Å². The first-order valence-electron chi connectivity index (χ1n) is 8.52. The van der Waals surface area contributed by atoms with E-state index in [1.807, 2.05) is 38.1 Å². The molecular weight excluding hydrogens is 316 g/mol. The van der Waals surface area contributed by atoms with Gasteiger partial charge in [-0.05, 0) is 44.9 Å². The van der Waals surface area contributed by atoms with Crippen molar-refractivity contribution in [2.24, 2.45) is 0 Å². The van der Waals surface area contributed by atoms with Gasteiger partial charge in [0.05, 0.1) is 0 Å². The van der Waals surface area contributed by atoms with Gasteiger partial charge in [0, 0.05) is 38.6 Å². The number of carbonyl (C=O) groups excluding carboxylic acids is 1. The van der Waals surface area contributed by atoms with Gasteiger partial charge in [0.2, 0.25) is 0 Å². The third-order valence-corrected chi connectivity index (χ3v) is 3.76. The van der Waals surface area contributed by atoms with E-state index < -0.39 is 0 Å². The van der Waals surface area contributed by atoms with E-state index in [4.69, 9.17) is 4.74 Å². The number of anilines is 2. The Morgan fingerprint density at radius 2 is 2.04 bits per heavy atom. The molecule has 0 saturated carbocycles. The number of benzene rings is 1. The van der Waals surface area contributed by atoms with Crippen molar-refractivity contribution in [2.45, 2.75) is 27.2 Å². The number of aryl methyl sites for hydroxylation is 2. The van der Waals surface area contributed by atoms with Crippen LogP contribution in [0.4, 0.5) is 11.5 Å². The van der Waals surface area contributed by atoms with Crippen LogP contribution in [0.2, 0.25) is 0 Å². The van der Waals surface area contributed by atoms with Crippen LogP contribution in [-0.4, -0.2) is 42.7 Å². The molecule has 0 radical (unpaired) electrons. The molecule has 0 aliphatic rings. The number of ether oxygens (including phenoxy) is 1. The first-order valence-corrected chi connectivity index (χ1v) is 8.52. The maximum atomic E-state index is 13.0. The first-order chi connectivity index (χ1) is 12.0. The molecule has 2 aromatic rings. The highest BCUT2D eigenvalue weighted by atomic mass is 16.5. The quantitative estimate of drug-likeness (QED) is 0.746. The highest BCUT2D eigenvalue weighted by Gasteiger charge is 2.19. The fraction of sp³-hybridized carbons (Fsp3) is 0.421. The molecule has 1 aromatic carbocycles. The summed E-state index contributed by atoms with van der Waals surface area (Å²) in [7, 11) is 1.68. The van der Waals surface area contributed by atoms with Crippen molar-refractivity contribution in [2.75, 3.05) is 37.0 Å². The number of hydrogen-bond donors (Lipinski definition) is 1. The standard InChI is InChI=1S/C19H26N4O2/c1-5-23(16-9-6-8-14(2)12-16)19(24)17-13-18(22-15(3)21-17)20-10-7-11-25-4/h6,8-9,12-13H,5,7,10-11H2,1-4H3,(H,20,21,22). The molecule has 6 nitrogen and oxygen atoms in total. The minimum Gasteiger partial charge on any atom is -0.385 e. The summed E-state index contributed by atoms with van der Waals surface area (Å²) in [6.45, 7) is 7.74. The number of amides is 1. The highest BCUT2D eigenvalue weighted by molar-refractivity contribution is 6.05. The SMILES string of the molecule is CCN(C(=O)c1cc(NCCCOC)nc(C)n1)c1cccc(C)c1. The minimum atomic E-state index is -0.126. The summed E-state index contributed by atoms with van der Waals surface area (Å²) in [6, 6.07) is 9.61. The summed E-state index contributed by atoms with van der Waals surface area (Å²) < 4.78 is 5.04. The topological polar surface area (TPSA) is 67.4 Å². The number of rotatable bonds is 8. The van der Waals surface area contributed by atoms with Gasteiger partial charge in [-0.2, -0.15) is 0 Å². The van der Waals surface area contributed by atoms with Crippen molar-refractivity contribution in [1.82, 2.24) is 9.97 Å². The smallest absolute Gasteiger partial charge is 0.277 e. The maximum absolute atomic E-state index is 13.0. The molecule has 0 unspecified atom stereocenters. The van der Waals surface area contributed by atoms with Crippen LogP contribution >= 0.6 is 0 Å². The number of aromatic nitrogens is 2. The van der Waals surface area contributed by atoms with E-state index in [0.717, 1.165) is 24.2 Å². The van der Waals surface area contributed by atoms with E-state index >= 15 is 0 Å².